The Balaban J connectivity index is 1.83. The maximum Gasteiger partial charge on any atom is 0.126 e. The second-order valence-corrected chi connectivity index (χ2v) is 5.47. The molecule has 0 aliphatic heterocycles. The van der Waals surface area contributed by atoms with Crippen LogP contribution < -0.4 is 5.32 Å². The zero-order valence-corrected chi connectivity index (χ0v) is 12.4. The molecule has 3 aromatic rings. The van der Waals surface area contributed by atoms with Crippen LogP contribution in [0, 0.1) is 5.82 Å². The van der Waals surface area contributed by atoms with Gasteiger partial charge in [-0.15, -0.1) is 0 Å². The van der Waals surface area contributed by atoms with Gasteiger partial charge >= 0.3 is 0 Å². The highest BCUT2D eigenvalue weighted by molar-refractivity contribution is 6.39. The Hall–Kier alpha value is -1.84. The summed E-state index contributed by atoms with van der Waals surface area (Å²) in [6.45, 7) is 0.545. The van der Waals surface area contributed by atoms with E-state index in [0.29, 0.717) is 12.2 Å². The van der Waals surface area contributed by atoms with E-state index in [4.69, 9.17) is 23.2 Å². The van der Waals surface area contributed by atoms with Gasteiger partial charge in [-0.05, 0) is 35.2 Å². The highest BCUT2D eigenvalue weighted by Gasteiger charge is 2.08. The number of benzene rings is 2. The Morgan fingerprint density at radius 3 is 2.52 bits per heavy atom. The van der Waals surface area contributed by atoms with E-state index in [1.54, 1.807) is 6.20 Å². The van der Waals surface area contributed by atoms with Gasteiger partial charge in [-0.1, -0.05) is 35.3 Å². The fraction of sp³-hybridized carbons (Fsp3) is 0.0625. The Morgan fingerprint density at radius 2 is 1.76 bits per heavy atom. The topological polar surface area (TPSA) is 24.9 Å². The molecule has 0 radical (unpaired) electrons. The van der Waals surface area contributed by atoms with E-state index in [1.807, 2.05) is 24.4 Å². The highest BCUT2D eigenvalue weighted by Crippen LogP contribution is 2.31. The quantitative estimate of drug-likeness (QED) is 0.709. The molecule has 0 spiro atoms. The summed E-state index contributed by atoms with van der Waals surface area (Å²) < 4.78 is 13.1. The third-order valence-corrected chi connectivity index (χ3v) is 3.78. The number of nitrogens with zero attached hydrogens (tertiary/aromatic N) is 1. The minimum Gasteiger partial charge on any atom is -0.379 e. The summed E-state index contributed by atoms with van der Waals surface area (Å²) in [7, 11) is 0. The SMILES string of the molecule is Fc1cc(Cl)c(NCc2ccc3cnccc3c2)c(Cl)c1. The predicted octanol–water partition coefficient (Wildman–Crippen LogP) is 5.29. The minimum atomic E-state index is -0.450. The Labute approximate surface area is 131 Å². The molecule has 0 bridgehead atoms. The maximum atomic E-state index is 13.1. The second kappa shape index (κ2) is 5.88. The third kappa shape index (κ3) is 3.09. The van der Waals surface area contributed by atoms with E-state index in [1.165, 1.54) is 12.1 Å². The lowest BCUT2D eigenvalue weighted by atomic mass is 10.1. The molecule has 21 heavy (non-hydrogen) atoms. The molecule has 3 rings (SSSR count). The lowest BCUT2D eigenvalue weighted by Gasteiger charge is -2.11. The molecule has 106 valence electrons. The van der Waals surface area contributed by atoms with Gasteiger partial charge in [0.25, 0.3) is 0 Å². The molecule has 0 aliphatic rings. The Kier molecular flexibility index (Phi) is 3.95. The van der Waals surface area contributed by atoms with Gasteiger partial charge in [0, 0.05) is 24.3 Å². The summed E-state index contributed by atoms with van der Waals surface area (Å²) in [6.07, 6.45) is 3.58. The van der Waals surface area contributed by atoms with Gasteiger partial charge in [-0.2, -0.15) is 0 Å². The van der Waals surface area contributed by atoms with Crippen molar-refractivity contribution in [2.24, 2.45) is 0 Å². The number of halogens is 3. The van der Waals surface area contributed by atoms with Crippen LogP contribution in [0.4, 0.5) is 10.1 Å². The molecule has 0 amide bonds. The number of nitrogens with one attached hydrogen (secondary N) is 1. The number of rotatable bonds is 3. The van der Waals surface area contributed by atoms with Crippen molar-refractivity contribution in [2.75, 3.05) is 5.32 Å². The van der Waals surface area contributed by atoms with E-state index in [9.17, 15) is 4.39 Å². The molecule has 0 saturated carbocycles. The van der Waals surface area contributed by atoms with Gasteiger partial charge in [-0.25, -0.2) is 4.39 Å². The molecule has 2 aromatic carbocycles. The molecule has 0 fully saturated rings. The van der Waals surface area contributed by atoms with Crippen LogP contribution in [0.1, 0.15) is 5.56 Å². The number of aromatic nitrogens is 1. The molecule has 0 saturated heterocycles. The lowest BCUT2D eigenvalue weighted by molar-refractivity contribution is 0.628. The van der Waals surface area contributed by atoms with Gasteiger partial charge in [-0.3, -0.25) is 4.98 Å². The van der Waals surface area contributed by atoms with Crippen LogP contribution >= 0.6 is 23.2 Å². The summed E-state index contributed by atoms with van der Waals surface area (Å²) in [5.74, 6) is -0.450. The van der Waals surface area contributed by atoms with Crippen LogP contribution in [-0.4, -0.2) is 4.98 Å². The molecular formula is C16H11Cl2FN2. The predicted molar refractivity (Wildman–Crippen MR) is 85.5 cm³/mol. The van der Waals surface area contributed by atoms with Crippen molar-refractivity contribution in [3.05, 3.63) is 70.2 Å². The zero-order valence-electron chi connectivity index (χ0n) is 10.9. The summed E-state index contributed by atoms with van der Waals surface area (Å²) in [5, 5.41) is 5.87. The molecule has 5 heteroatoms. The van der Waals surface area contributed by atoms with Crippen LogP contribution in [0.5, 0.6) is 0 Å². The second-order valence-electron chi connectivity index (χ2n) is 4.66. The first-order valence-corrected chi connectivity index (χ1v) is 7.10. The highest BCUT2D eigenvalue weighted by atomic mass is 35.5. The molecule has 1 aromatic heterocycles. The average molecular weight is 321 g/mol. The molecule has 0 aliphatic carbocycles. The van der Waals surface area contributed by atoms with Crippen LogP contribution in [0.3, 0.4) is 0 Å². The van der Waals surface area contributed by atoms with Gasteiger partial charge in [0.1, 0.15) is 5.82 Å². The number of pyridine rings is 1. The van der Waals surface area contributed by atoms with Crippen molar-refractivity contribution in [3.8, 4) is 0 Å². The Morgan fingerprint density at radius 1 is 1.00 bits per heavy atom. The fourth-order valence-electron chi connectivity index (χ4n) is 2.14. The normalized spacial score (nSPS) is 10.8. The zero-order chi connectivity index (χ0) is 14.8. The van der Waals surface area contributed by atoms with Gasteiger partial charge in [0.15, 0.2) is 0 Å². The van der Waals surface area contributed by atoms with Crippen molar-refractivity contribution in [2.45, 2.75) is 6.54 Å². The maximum absolute atomic E-state index is 13.1. The van der Waals surface area contributed by atoms with Crippen molar-refractivity contribution in [1.82, 2.24) is 4.98 Å². The first kappa shape index (κ1) is 14.1. The van der Waals surface area contributed by atoms with E-state index < -0.39 is 5.82 Å². The van der Waals surface area contributed by atoms with Crippen LogP contribution in [0.25, 0.3) is 10.8 Å². The summed E-state index contributed by atoms with van der Waals surface area (Å²) in [6, 6.07) is 10.5. The summed E-state index contributed by atoms with van der Waals surface area (Å²) in [4.78, 5) is 4.08. The van der Waals surface area contributed by atoms with E-state index in [0.717, 1.165) is 16.3 Å². The average Bonchev–Trinajstić information content (AvgIpc) is 2.46. The van der Waals surface area contributed by atoms with E-state index in [2.05, 4.69) is 16.4 Å². The molecule has 1 N–H and O–H groups in total. The minimum absolute atomic E-state index is 0.269. The molecule has 1 heterocycles. The lowest BCUT2D eigenvalue weighted by Crippen LogP contribution is -2.01. The van der Waals surface area contributed by atoms with E-state index in [-0.39, 0.29) is 10.0 Å². The van der Waals surface area contributed by atoms with Crippen molar-refractivity contribution < 1.29 is 4.39 Å². The van der Waals surface area contributed by atoms with Crippen LogP contribution in [-0.2, 0) is 6.54 Å². The smallest absolute Gasteiger partial charge is 0.126 e. The van der Waals surface area contributed by atoms with E-state index >= 15 is 0 Å². The monoisotopic (exact) mass is 320 g/mol. The third-order valence-electron chi connectivity index (χ3n) is 3.18. The largest absolute Gasteiger partial charge is 0.379 e. The molecule has 2 nitrogen and oxygen atoms in total. The molecule has 0 atom stereocenters. The first-order valence-electron chi connectivity index (χ1n) is 6.34. The van der Waals surface area contributed by atoms with Gasteiger partial charge in [0.05, 0.1) is 15.7 Å². The van der Waals surface area contributed by atoms with Crippen molar-refractivity contribution in [3.63, 3.8) is 0 Å². The number of fused-ring (bicyclic) bond motifs is 1. The van der Waals surface area contributed by atoms with Gasteiger partial charge in [0.2, 0.25) is 0 Å². The summed E-state index contributed by atoms with van der Waals surface area (Å²) in [5.41, 5.74) is 1.61. The Bertz CT molecular complexity index is 782. The standard InChI is InChI=1S/C16H11Cl2FN2/c17-14-6-13(19)7-15(18)16(14)21-8-10-1-2-12-9-20-4-3-11(12)5-10/h1-7,9,21H,8H2. The molecular weight excluding hydrogens is 310 g/mol. The van der Waals surface area contributed by atoms with Crippen LogP contribution in [0.15, 0.2) is 48.8 Å². The van der Waals surface area contributed by atoms with Gasteiger partial charge < -0.3 is 5.32 Å². The number of hydrogen-bond donors (Lipinski definition) is 1. The van der Waals surface area contributed by atoms with Crippen molar-refractivity contribution >= 4 is 39.7 Å². The number of anilines is 1. The summed E-state index contributed by atoms with van der Waals surface area (Å²) >= 11 is 12.0. The number of hydrogen-bond acceptors (Lipinski definition) is 2. The fourth-order valence-corrected chi connectivity index (χ4v) is 2.74. The first-order chi connectivity index (χ1) is 10.1. The van der Waals surface area contributed by atoms with Crippen LogP contribution in [0.2, 0.25) is 10.0 Å². The van der Waals surface area contributed by atoms with Crippen molar-refractivity contribution in [1.29, 1.82) is 0 Å². The molecule has 0 unspecified atom stereocenters.